The number of Topliss-reactive ketones (excluding diaryl/α,β-unsaturated/α-hetero) is 1. The van der Waals surface area contributed by atoms with Gasteiger partial charge in [-0.05, 0) is 6.92 Å². The van der Waals surface area contributed by atoms with Crippen LogP contribution in [0.4, 0.5) is 13.2 Å². The second kappa shape index (κ2) is 5.71. The zero-order chi connectivity index (χ0) is 13.9. The number of aromatic nitrogens is 2. The largest absolute Gasteiger partial charge is 0.401 e. The number of carbonyl (C=O) groups excluding carboxylic acids is 1. The summed E-state index contributed by atoms with van der Waals surface area (Å²) in [5, 5.41) is 6.39. The van der Waals surface area contributed by atoms with Crippen LogP contribution in [0, 0.1) is 6.92 Å². The zero-order valence-electron chi connectivity index (χ0n) is 9.94. The number of nitrogens with one attached hydrogen (secondary N) is 1. The number of hydrogen-bond donors (Lipinski definition) is 1. The Morgan fingerprint density at radius 1 is 1.50 bits per heavy atom. The van der Waals surface area contributed by atoms with E-state index in [1.165, 1.54) is 4.68 Å². The molecular weight excluding hydrogens is 271 g/mol. The van der Waals surface area contributed by atoms with Crippen LogP contribution in [0.5, 0.6) is 0 Å². The molecule has 1 heterocycles. The van der Waals surface area contributed by atoms with E-state index in [1.807, 2.05) is 5.32 Å². The lowest BCUT2D eigenvalue weighted by Gasteiger charge is -2.07. The van der Waals surface area contributed by atoms with Gasteiger partial charge in [0.05, 0.1) is 18.8 Å². The highest BCUT2D eigenvalue weighted by atomic mass is 35.5. The first-order chi connectivity index (χ1) is 8.20. The summed E-state index contributed by atoms with van der Waals surface area (Å²) in [5.74, 6) is -0.364. The second-order valence-corrected chi connectivity index (χ2v) is 4.27. The molecule has 0 atom stereocenters. The third-order valence-corrected chi connectivity index (χ3v) is 2.76. The van der Waals surface area contributed by atoms with Gasteiger partial charge in [0.25, 0.3) is 0 Å². The third kappa shape index (κ3) is 4.30. The van der Waals surface area contributed by atoms with Crippen molar-refractivity contribution >= 4 is 17.4 Å². The van der Waals surface area contributed by atoms with Gasteiger partial charge in [-0.3, -0.25) is 9.48 Å². The molecule has 18 heavy (non-hydrogen) atoms. The van der Waals surface area contributed by atoms with E-state index in [0.29, 0.717) is 16.4 Å². The number of hydrogen-bond acceptors (Lipinski definition) is 3. The summed E-state index contributed by atoms with van der Waals surface area (Å²) in [4.78, 5) is 11.5. The summed E-state index contributed by atoms with van der Waals surface area (Å²) < 4.78 is 37.0. The molecule has 0 spiro atoms. The number of ketones is 1. The molecule has 102 valence electrons. The van der Waals surface area contributed by atoms with E-state index < -0.39 is 12.7 Å². The van der Waals surface area contributed by atoms with Gasteiger partial charge in [0.1, 0.15) is 5.15 Å². The maximum absolute atomic E-state index is 11.9. The monoisotopic (exact) mass is 283 g/mol. The summed E-state index contributed by atoms with van der Waals surface area (Å²) in [6.45, 7) is 0.167. The molecule has 1 aromatic heterocycles. The molecule has 1 rings (SSSR count). The molecule has 1 N–H and O–H groups in total. The Balaban J connectivity index is 2.50. The summed E-state index contributed by atoms with van der Waals surface area (Å²) >= 11 is 5.91. The van der Waals surface area contributed by atoms with Crippen LogP contribution in [0.3, 0.4) is 0 Å². The molecule has 0 aliphatic carbocycles. The van der Waals surface area contributed by atoms with Crippen molar-refractivity contribution in [2.24, 2.45) is 7.05 Å². The smallest absolute Gasteiger partial charge is 0.302 e. The maximum atomic E-state index is 11.9. The highest BCUT2D eigenvalue weighted by Gasteiger charge is 2.26. The van der Waals surface area contributed by atoms with Crippen LogP contribution >= 0.6 is 11.6 Å². The summed E-state index contributed by atoms with van der Waals surface area (Å²) in [6, 6.07) is 0. The molecule has 0 aliphatic rings. The van der Waals surface area contributed by atoms with Crippen molar-refractivity contribution in [3.63, 3.8) is 0 Å². The van der Waals surface area contributed by atoms with Gasteiger partial charge in [-0.15, -0.1) is 0 Å². The van der Waals surface area contributed by atoms with Gasteiger partial charge in [0.15, 0.2) is 5.78 Å². The predicted octanol–water partition coefficient (Wildman–Crippen LogP) is 1.65. The van der Waals surface area contributed by atoms with Crippen molar-refractivity contribution in [2.45, 2.75) is 19.5 Å². The minimum atomic E-state index is -4.32. The Bertz CT molecular complexity index is 442. The lowest BCUT2D eigenvalue weighted by Crippen LogP contribution is -2.33. The Morgan fingerprint density at radius 3 is 2.56 bits per heavy atom. The van der Waals surface area contributed by atoms with Crippen LogP contribution in [0.25, 0.3) is 0 Å². The third-order valence-electron chi connectivity index (χ3n) is 2.29. The van der Waals surface area contributed by atoms with Gasteiger partial charge in [-0.2, -0.15) is 18.3 Å². The zero-order valence-corrected chi connectivity index (χ0v) is 10.7. The molecule has 0 saturated heterocycles. The van der Waals surface area contributed by atoms with E-state index in [9.17, 15) is 18.0 Å². The van der Waals surface area contributed by atoms with Crippen LogP contribution in [0.1, 0.15) is 11.3 Å². The van der Waals surface area contributed by atoms with Crippen molar-refractivity contribution in [3.05, 3.63) is 16.4 Å². The standard InChI is InChI=1S/C10H13ClF3N3O/c1-6-8(9(11)17(2)16-6)3-7(18)4-15-5-10(12,13)14/h15H,3-5H2,1-2H3. The quantitative estimate of drug-likeness (QED) is 0.894. The van der Waals surface area contributed by atoms with E-state index in [1.54, 1.807) is 14.0 Å². The fourth-order valence-electron chi connectivity index (χ4n) is 1.48. The minimum Gasteiger partial charge on any atom is -0.302 e. The second-order valence-electron chi connectivity index (χ2n) is 3.91. The number of carbonyl (C=O) groups is 1. The SMILES string of the molecule is Cc1nn(C)c(Cl)c1CC(=O)CNCC(F)(F)F. The Morgan fingerprint density at radius 2 is 2.11 bits per heavy atom. The molecule has 1 aromatic rings. The fraction of sp³-hybridized carbons (Fsp3) is 0.600. The summed E-state index contributed by atoms with van der Waals surface area (Å²) in [7, 11) is 1.63. The molecule has 0 aliphatic heterocycles. The van der Waals surface area contributed by atoms with E-state index in [2.05, 4.69) is 5.10 Å². The topological polar surface area (TPSA) is 46.9 Å². The van der Waals surface area contributed by atoms with E-state index in [-0.39, 0.29) is 18.7 Å². The fourth-order valence-corrected chi connectivity index (χ4v) is 1.72. The van der Waals surface area contributed by atoms with Gasteiger partial charge in [-0.25, -0.2) is 0 Å². The Kier molecular flexibility index (Phi) is 4.75. The van der Waals surface area contributed by atoms with Crippen LogP contribution < -0.4 is 5.32 Å². The van der Waals surface area contributed by atoms with Gasteiger partial charge in [0.2, 0.25) is 0 Å². The first kappa shape index (κ1) is 15.0. The highest BCUT2D eigenvalue weighted by molar-refractivity contribution is 6.30. The van der Waals surface area contributed by atoms with Crippen LogP contribution in [-0.2, 0) is 18.3 Å². The number of halogens is 4. The van der Waals surface area contributed by atoms with Crippen molar-refractivity contribution < 1.29 is 18.0 Å². The summed E-state index contributed by atoms with van der Waals surface area (Å²) in [6.07, 6.45) is -4.34. The molecule has 0 unspecified atom stereocenters. The van der Waals surface area contributed by atoms with Crippen molar-refractivity contribution in [2.75, 3.05) is 13.1 Å². The van der Waals surface area contributed by atoms with Crippen LogP contribution in [0.2, 0.25) is 5.15 Å². The van der Waals surface area contributed by atoms with Crippen molar-refractivity contribution in [1.29, 1.82) is 0 Å². The molecule has 0 fully saturated rings. The van der Waals surface area contributed by atoms with Gasteiger partial charge < -0.3 is 5.32 Å². The lowest BCUT2D eigenvalue weighted by molar-refractivity contribution is -0.127. The first-order valence-corrected chi connectivity index (χ1v) is 5.55. The number of rotatable bonds is 5. The normalized spacial score (nSPS) is 11.9. The van der Waals surface area contributed by atoms with Crippen LogP contribution in [-0.4, -0.2) is 34.8 Å². The first-order valence-electron chi connectivity index (χ1n) is 5.18. The number of alkyl halides is 3. The molecule has 8 heteroatoms. The summed E-state index contributed by atoms with van der Waals surface area (Å²) in [5.41, 5.74) is 1.16. The Hall–Kier alpha value is -1.08. The average Bonchev–Trinajstić information content (AvgIpc) is 2.43. The van der Waals surface area contributed by atoms with Crippen molar-refractivity contribution in [3.8, 4) is 0 Å². The molecule has 4 nitrogen and oxygen atoms in total. The highest BCUT2D eigenvalue weighted by Crippen LogP contribution is 2.19. The van der Waals surface area contributed by atoms with Gasteiger partial charge >= 0.3 is 6.18 Å². The lowest BCUT2D eigenvalue weighted by atomic mass is 10.1. The van der Waals surface area contributed by atoms with Gasteiger partial charge in [0, 0.05) is 19.0 Å². The van der Waals surface area contributed by atoms with Crippen LogP contribution in [0.15, 0.2) is 0 Å². The minimum absolute atomic E-state index is 0.0244. The molecular formula is C10H13ClF3N3O. The molecule has 0 radical (unpaired) electrons. The van der Waals surface area contributed by atoms with E-state index in [4.69, 9.17) is 11.6 Å². The number of nitrogens with zero attached hydrogens (tertiary/aromatic N) is 2. The maximum Gasteiger partial charge on any atom is 0.401 e. The molecule has 0 aromatic carbocycles. The van der Waals surface area contributed by atoms with E-state index >= 15 is 0 Å². The van der Waals surface area contributed by atoms with Gasteiger partial charge in [-0.1, -0.05) is 11.6 Å². The molecule has 0 bridgehead atoms. The average molecular weight is 284 g/mol. The van der Waals surface area contributed by atoms with Crippen molar-refractivity contribution in [1.82, 2.24) is 15.1 Å². The van der Waals surface area contributed by atoms with E-state index in [0.717, 1.165) is 0 Å². The Labute approximate surface area is 107 Å². The number of aryl methyl sites for hydroxylation is 2. The predicted molar refractivity (Wildman–Crippen MR) is 60.6 cm³/mol. The molecule has 0 amide bonds. The molecule has 0 saturated carbocycles.